The maximum Gasteiger partial charge on any atom is 0.327 e. The lowest BCUT2D eigenvalue weighted by atomic mass is 10.1. The number of nitrogens with zero attached hydrogens (tertiary/aromatic N) is 3. The number of thioether (sulfide) groups is 1. The number of carboxylic acids is 1. The van der Waals surface area contributed by atoms with Crippen LogP contribution in [0.15, 0.2) is 0 Å². The zero-order chi connectivity index (χ0) is 15.7. The van der Waals surface area contributed by atoms with Gasteiger partial charge in [0.05, 0.1) is 17.5 Å². The minimum atomic E-state index is -0.925. The zero-order valence-electron chi connectivity index (χ0n) is 12.8. The van der Waals surface area contributed by atoms with Gasteiger partial charge in [0.2, 0.25) is 5.91 Å². The number of carbonyl (C=O) groups is 2. The summed E-state index contributed by atoms with van der Waals surface area (Å²) >= 11 is 1.54. The molecule has 2 atom stereocenters. The van der Waals surface area contributed by atoms with Gasteiger partial charge in [0.25, 0.3) is 0 Å². The molecule has 21 heavy (non-hydrogen) atoms. The summed E-state index contributed by atoms with van der Waals surface area (Å²) < 4.78 is 1.75. The standard InChI is InChI=1S/C14H21N3O3S/c1-5-13-17(11(7-21-13)14(19)20)12(18)6-10-8(2)15-16(4)9(10)3/h11,13H,5-7H2,1-4H3,(H,19,20). The van der Waals surface area contributed by atoms with Crippen LogP contribution < -0.4 is 0 Å². The molecule has 0 saturated carbocycles. The molecule has 1 aliphatic heterocycles. The highest BCUT2D eigenvalue weighted by Gasteiger charge is 2.40. The third-order valence-corrected chi connectivity index (χ3v) is 5.46. The summed E-state index contributed by atoms with van der Waals surface area (Å²) in [5.74, 6) is -0.588. The minimum absolute atomic E-state index is 0.0455. The van der Waals surface area contributed by atoms with Crippen molar-refractivity contribution in [2.24, 2.45) is 7.05 Å². The Bertz CT molecular complexity index is 570. The maximum absolute atomic E-state index is 12.6. The van der Waals surface area contributed by atoms with E-state index in [2.05, 4.69) is 5.10 Å². The molecule has 1 amide bonds. The van der Waals surface area contributed by atoms with E-state index in [1.807, 2.05) is 27.8 Å². The predicted octanol–water partition coefficient (Wildman–Crippen LogP) is 1.34. The van der Waals surface area contributed by atoms with E-state index in [-0.39, 0.29) is 17.7 Å². The average molecular weight is 311 g/mol. The molecule has 1 N–H and O–H groups in total. The molecule has 2 rings (SSSR count). The van der Waals surface area contributed by atoms with Gasteiger partial charge in [0.1, 0.15) is 6.04 Å². The van der Waals surface area contributed by atoms with Crippen molar-refractivity contribution in [1.82, 2.24) is 14.7 Å². The van der Waals surface area contributed by atoms with Crippen LogP contribution in [0.25, 0.3) is 0 Å². The Kier molecular flexibility index (Phi) is 4.61. The first-order chi connectivity index (χ1) is 9.86. The second-order valence-corrected chi connectivity index (χ2v) is 6.51. The number of carbonyl (C=O) groups excluding carboxylic acids is 1. The van der Waals surface area contributed by atoms with Gasteiger partial charge in [-0.3, -0.25) is 9.48 Å². The largest absolute Gasteiger partial charge is 0.480 e. The molecule has 0 spiro atoms. The van der Waals surface area contributed by atoms with Crippen molar-refractivity contribution in [3.05, 3.63) is 17.0 Å². The molecule has 1 aromatic heterocycles. The zero-order valence-corrected chi connectivity index (χ0v) is 13.6. The molecule has 0 aliphatic carbocycles. The van der Waals surface area contributed by atoms with Gasteiger partial charge in [-0.15, -0.1) is 11.8 Å². The summed E-state index contributed by atoms with van der Waals surface area (Å²) in [7, 11) is 1.84. The van der Waals surface area contributed by atoms with Crippen molar-refractivity contribution in [2.75, 3.05) is 5.75 Å². The van der Waals surface area contributed by atoms with Gasteiger partial charge in [0, 0.05) is 24.1 Å². The third-order valence-electron chi connectivity index (χ3n) is 4.00. The Balaban J connectivity index is 2.23. The molecule has 2 heterocycles. The smallest absolute Gasteiger partial charge is 0.327 e. The predicted molar refractivity (Wildman–Crippen MR) is 81.2 cm³/mol. The monoisotopic (exact) mass is 311 g/mol. The summed E-state index contributed by atoms with van der Waals surface area (Å²) in [6.45, 7) is 5.77. The lowest BCUT2D eigenvalue weighted by Crippen LogP contribution is -2.46. The van der Waals surface area contributed by atoms with Gasteiger partial charge < -0.3 is 10.0 Å². The first-order valence-electron chi connectivity index (χ1n) is 7.01. The van der Waals surface area contributed by atoms with Crippen LogP contribution in [0, 0.1) is 13.8 Å². The van der Waals surface area contributed by atoms with Crippen LogP contribution in [0.3, 0.4) is 0 Å². The topological polar surface area (TPSA) is 75.4 Å². The van der Waals surface area contributed by atoms with E-state index >= 15 is 0 Å². The van der Waals surface area contributed by atoms with Gasteiger partial charge in [0.15, 0.2) is 0 Å². The molecule has 6 nitrogen and oxygen atoms in total. The number of aliphatic carboxylic acids is 1. The molecular weight excluding hydrogens is 290 g/mol. The molecule has 1 fully saturated rings. The fourth-order valence-electron chi connectivity index (χ4n) is 2.72. The molecule has 0 aromatic carbocycles. The van der Waals surface area contributed by atoms with Crippen LogP contribution in [0.1, 0.15) is 30.3 Å². The lowest BCUT2D eigenvalue weighted by molar-refractivity contribution is -0.148. The number of amides is 1. The molecule has 116 valence electrons. The van der Waals surface area contributed by atoms with E-state index in [0.717, 1.165) is 23.4 Å². The van der Waals surface area contributed by atoms with Gasteiger partial charge >= 0.3 is 5.97 Å². The average Bonchev–Trinajstić information content (AvgIpc) is 2.95. The highest BCUT2D eigenvalue weighted by molar-refractivity contribution is 8.00. The van der Waals surface area contributed by atoms with Crippen LogP contribution in [-0.4, -0.2) is 48.8 Å². The summed E-state index contributed by atoms with van der Waals surface area (Å²) in [6.07, 6.45) is 0.970. The van der Waals surface area contributed by atoms with E-state index in [4.69, 9.17) is 0 Å². The molecule has 1 saturated heterocycles. The van der Waals surface area contributed by atoms with Gasteiger partial charge in [-0.05, 0) is 20.3 Å². The van der Waals surface area contributed by atoms with E-state index < -0.39 is 12.0 Å². The Labute approximate surface area is 128 Å². The van der Waals surface area contributed by atoms with Crippen molar-refractivity contribution in [3.8, 4) is 0 Å². The van der Waals surface area contributed by atoms with Crippen LogP contribution in [0.4, 0.5) is 0 Å². The van der Waals surface area contributed by atoms with Gasteiger partial charge in [-0.25, -0.2) is 4.79 Å². The minimum Gasteiger partial charge on any atom is -0.480 e. The van der Waals surface area contributed by atoms with E-state index in [1.54, 1.807) is 21.3 Å². The third kappa shape index (κ3) is 2.92. The fraction of sp³-hybridized carbons (Fsp3) is 0.643. The van der Waals surface area contributed by atoms with Gasteiger partial charge in [-0.1, -0.05) is 6.92 Å². The summed E-state index contributed by atoms with van der Waals surface area (Å²) in [5, 5.41) is 13.6. The first kappa shape index (κ1) is 15.9. The Morgan fingerprint density at radius 3 is 2.57 bits per heavy atom. The van der Waals surface area contributed by atoms with Crippen LogP contribution >= 0.6 is 11.8 Å². The molecular formula is C14H21N3O3S. The van der Waals surface area contributed by atoms with E-state index in [1.165, 1.54) is 0 Å². The van der Waals surface area contributed by atoms with E-state index in [9.17, 15) is 14.7 Å². The molecule has 7 heteroatoms. The first-order valence-corrected chi connectivity index (χ1v) is 8.06. The molecule has 1 aliphatic rings. The number of aryl methyl sites for hydroxylation is 2. The van der Waals surface area contributed by atoms with Crippen LogP contribution in [0.5, 0.6) is 0 Å². The maximum atomic E-state index is 12.6. The van der Waals surface area contributed by atoms with Crippen molar-refractivity contribution < 1.29 is 14.7 Å². The van der Waals surface area contributed by atoms with Crippen molar-refractivity contribution in [3.63, 3.8) is 0 Å². The number of rotatable bonds is 4. The van der Waals surface area contributed by atoms with Gasteiger partial charge in [-0.2, -0.15) is 5.10 Å². The van der Waals surface area contributed by atoms with Crippen molar-refractivity contribution >= 4 is 23.6 Å². The molecule has 0 bridgehead atoms. The normalized spacial score (nSPS) is 21.8. The number of carboxylic acid groups (broad SMARTS) is 1. The molecule has 1 aromatic rings. The number of hydrogen-bond donors (Lipinski definition) is 1. The highest BCUT2D eigenvalue weighted by atomic mass is 32.2. The Morgan fingerprint density at radius 1 is 1.43 bits per heavy atom. The Morgan fingerprint density at radius 2 is 2.10 bits per heavy atom. The van der Waals surface area contributed by atoms with E-state index in [0.29, 0.717) is 5.75 Å². The summed E-state index contributed by atoms with van der Waals surface area (Å²) in [4.78, 5) is 25.5. The second-order valence-electron chi connectivity index (χ2n) is 5.30. The highest BCUT2D eigenvalue weighted by Crippen LogP contribution is 2.32. The van der Waals surface area contributed by atoms with Crippen LogP contribution in [0.2, 0.25) is 0 Å². The lowest BCUT2D eigenvalue weighted by Gasteiger charge is -2.26. The second kappa shape index (κ2) is 6.09. The molecule has 2 unspecified atom stereocenters. The Hall–Kier alpha value is -1.50. The SMILES string of the molecule is CCC1SCC(C(=O)O)N1C(=O)Cc1c(C)nn(C)c1C. The van der Waals surface area contributed by atoms with Crippen molar-refractivity contribution in [2.45, 2.75) is 45.0 Å². The fourth-order valence-corrected chi connectivity index (χ4v) is 4.09. The number of aromatic nitrogens is 2. The summed E-state index contributed by atoms with van der Waals surface area (Å²) in [5.41, 5.74) is 2.68. The molecule has 0 radical (unpaired) electrons. The van der Waals surface area contributed by atoms with Crippen LogP contribution in [-0.2, 0) is 23.1 Å². The quantitative estimate of drug-likeness (QED) is 0.908. The number of hydrogen-bond acceptors (Lipinski definition) is 4. The summed E-state index contributed by atoms with van der Waals surface area (Å²) in [6, 6.07) is -0.718. The van der Waals surface area contributed by atoms with Crippen molar-refractivity contribution in [1.29, 1.82) is 0 Å².